The van der Waals surface area contributed by atoms with Gasteiger partial charge in [-0.2, -0.15) is 13.2 Å². The van der Waals surface area contributed by atoms with E-state index in [1.54, 1.807) is 0 Å². The molecular weight excluding hydrogens is 505 g/mol. The number of hydrogen-bond acceptors (Lipinski definition) is 3. The number of methoxy groups -OCH3 is 2. The quantitative estimate of drug-likeness (QED) is 0.520. The van der Waals surface area contributed by atoms with Crippen LogP contribution in [0.25, 0.3) is 0 Å². The fourth-order valence-corrected chi connectivity index (χ4v) is 2.43. The number of hydrogen-bond donors (Lipinski definition) is 0. The molecule has 0 amide bonds. The third-order valence-electron chi connectivity index (χ3n) is 4.01. The van der Waals surface area contributed by atoms with Gasteiger partial charge in [-0.1, -0.05) is 24.3 Å². The van der Waals surface area contributed by atoms with Gasteiger partial charge in [0, 0.05) is 28.2 Å². The molecule has 0 N–H and O–H groups in total. The van der Waals surface area contributed by atoms with Crippen LogP contribution in [0.2, 0.25) is 0 Å². The molecule has 0 fully saturated rings. The van der Waals surface area contributed by atoms with Gasteiger partial charge >= 0.3 is 6.18 Å². The first-order valence-electron chi connectivity index (χ1n) is 7.26. The summed E-state index contributed by atoms with van der Waals surface area (Å²) >= 11 is 0. The minimum Gasteiger partial charge on any atom is -0.497 e. The molecule has 0 aliphatic heterocycles. The standard InChI is InChI=1S/C18H19F3O3.W/c1-17(18(19,20)21,13-4-8-15(23-3)9-5-13)14-6-10-16(11-7-14)24-12-22-2;/h4-11H,12H2,1-3H3;. The van der Waals surface area contributed by atoms with Crippen molar-refractivity contribution >= 4 is 0 Å². The van der Waals surface area contributed by atoms with Crippen LogP contribution in [0.3, 0.4) is 0 Å². The number of halogens is 3. The molecule has 0 heterocycles. The Labute approximate surface area is 159 Å². The molecule has 0 spiro atoms. The van der Waals surface area contributed by atoms with Crippen LogP contribution in [-0.2, 0) is 31.2 Å². The molecule has 0 radical (unpaired) electrons. The predicted molar refractivity (Wildman–Crippen MR) is 84.4 cm³/mol. The second-order valence-electron chi connectivity index (χ2n) is 5.43. The third kappa shape index (κ3) is 4.56. The van der Waals surface area contributed by atoms with E-state index in [0.29, 0.717) is 11.5 Å². The molecule has 3 nitrogen and oxygen atoms in total. The van der Waals surface area contributed by atoms with Crippen molar-refractivity contribution in [2.45, 2.75) is 18.5 Å². The van der Waals surface area contributed by atoms with E-state index in [1.807, 2.05) is 0 Å². The molecular formula is C18H19F3O3W. The van der Waals surface area contributed by atoms with E-state index in [0.717, 1.165) is 0 Å². The molecule has 0 aromatic heterocycles. The number of rotatable bonds is 6. The maximum atomic E-state index is 13.9. The Bertz CT molecular complexity index is 657. The van der Waals surface area contributed by atoms with Crippen molar-refractivity contribution < 1.29 is 48.4 Å². The molecule has 2 rings (SSSR count). The molecule has 0 saturated heterocycles. The predicted octanol–water partition coefficient (Wildman–Crippen LogP) is 4.54. The zero-order chi connectivity index (χ0) is 17.8. The molecule has 0 aliphatic carbocycles. The summed E-state index contributed by atoms with van der Waals surface area (Å²) in [5, 5.41) is 0. The van der Waals surface area contributed by atoms with E-state index in [1.165, 1.54) is 69.7 Å². The average molecular weight is 524 g/mol. The van der Waals surface area contributed by atoms with Crippen molar-refractivity contribution in [2.75, 3.05) is 21.0 Å². The Morgan fingerprint density at radius 3 is 1.60 bits per heavy atom. The number of benzene rings is 2. The minimum absolute atomic E-state index is 0. The summed E-state index contributed by atoms with van der Waals surface area (Å²) in [6.07, 6.45) is -4.46. The number of alkyl halides is 3. The first-order valence-corrected chi connectivity index (χ1v) is 7.26. The summed E-state index contributed by atoms with van der Waals surface area (Å²) in [7, 11) is 2.94. The van der Waals surface area contributed by atoms with Crippen molar-refractivity contribution in [1.82, 2.24) is 0 Å². The van der Waals surface area contributed by atoms with E-state index < -0.39 is 11.6 Å². The summed E-state index contributed by atoms with van der Waals surface area (Å²) in [5.74, 6) is 0.950. The SMILES string of the molecule is COCOc1ccc(C(C)(c2ccc(OC)cc2)C(F)(F)F)cc1.[W]. The maximum Gasteiger partial charge on any atom is 0.402 e. The third-order valence-corrected chi connectivity index (χ3v) is 4.01. The summed E-state index contributed by atoms with van der Waals surface area (Å²) in [5.41, 5.74) is -1.87. The van der Waals surface area contributed by atoms with E-state index in [4.69, 9.17) is 14.2 Å². The zero-order valence-corrected chi connectivity index (χ0v) is 17.0. The van der Waals surface area contributed by atoms with Gasteiger partial charge in [0.05, 0.1) is 7.11 Å². The van der Waals surface area contributed by atoms with E-state index in [2.05, 4.69) is 0 Å². The Balaban J connectivity index is 0.00000312. The largest absolute Gasteiger partial charge is 0.497 e. The Hall–Kier alpha value is -1.52. The molecule has 7 heteroatoms. The maximum absolute atomic E-state index is 13.9. The van der Waals surface area contributed by atoms with Gasteiger partial charge in [-0.15, -0.1) is 0 Å². The van der Waals surface area contributed by atoms with Gasteiger partial charge in [0.25, 0.3) is 0 Å². The van der Waals surface area contributed by atoms with E-state index in [-0.39, 0.29) is 39.0 Å². The van der Waals surface area contributed by atoms with Gasteiger partial charge in [-0.25, -0.2) is 0 Å². The van der Waals surface area contributed by atoms with Gasteiger partial charge in [-0.05, 0) is 42.3 Å². The Morgan fingerprint density at radius 1 is 0.800 bits per heavy atom. The van der Waals surface area contributed by atoms with Crippen molar-refractivity contribution in [3.63, 3.8) is 0 Å². The van der Waals surface area contributed by atoms with E-state index >= 15 is 0 Å². The summed E-state index contributed by atoms with van der Waals surface area (Å²) < 4.78 is 56.7. The van der Waals surface area contributed by atoms with Crippen molar-refractivity contribution in [3.8, 4) is 11.5 Å². The molecule has 2 aromatic rings. The van der Waals surface area contributed by atoms with Crippen molar-refractivity contribution in [2.24, 2.45) is 0 Å². The molecule has 1 unspecified atom stereocenters. The van der Waals surface area contributed by atoms with Crippen LogP contribution in [0.4, 0.5) is 13.2 Å². The fourth-order valence-electron chi connectivity index (χ4n) is 2.43. The Kier molecular flexibility index (Phi) is 7.51. The molecule has 0 saturated carbocycles. The van der Waals surface area contributed by atoms with E-state index in [9.17, 15) is 13.2 Å². The van der Waals surface area contributed by atoms with Crippen LogP contribution in [0.1, 0.15) is 18.1 Å². The van der Waals surface area contributed by atoms with Crippen LogP contribution in [-0.4, -0.2) is 27.2 Å². The number of ether oxygens (including phenoxy) is 3. The van der Waals surface area contributed by atoms with Crippen LogP contribution >= 0.6 is 0 Å². The Morgan fingerprint density at radius 2 is 1.24 bits per heavy atom. The first-order chi connectivity index (χ1) is 11.3. The minimum atomic E-state index is -4.46. The van der Waals surface area contributed by atoms with Gasteiger partial charge in [0.2, 0.25) is 0 Å². The van der Waals surface area contributed by atoms with Gasteiger partial charge in [-0.3, -0.25) is 0 Å². The normalized spacial score (nSPS) is 13.5. The smallest absolute Gasteiger partial charge is 0.402 e. The molecule has 0 aliphatic rings. The van der Waals surface area contributed by atoms with Crippen LogP contribution in [0.15, 0.2) is 48.5 Å². The topological polar surface area (TPSA) is 27.7 Å². The van der Waals surface area contributed by atoms with Crippen molar-refractivity contribution in [3.05, 3.63) is 59.7 Å². The second kappa shape index (κ2) is 8.72. The monoisotopic (exact) mass is 524 g/mol. The molecule has 0 bridgehead atoms. The zero-order valence-electron chi connectivity index (χ0n) is 14.1. The van der Waals surface area contributed by atoms with Gasteiger partial charge < -0.3 is 14.2 Å². The van der Waals surface area contributed by atoms with Gasteiger partial charge in [0.1, 0.15) is 16.9 Å². The molecule has 136 valence electrons. The van der Waals surface area contributed by atoms with Crippen LogP contribution < -0.4 is 9.47 Å². The molecule has 1 atom stereocenters. The second-order valence-corrected chi connectivity index (χ2v) is 5.43. The van der Waals surface area contributed by atoms with Gasteiger partial charge in [0.15, 0.2) is 6.79 Å². The average Bonchev–Trinajstić information content (AvgIpc) is 2.59. The molecule has 25 heavy (non-hydrogen) atoms. The summed E-state index contributed by atoms with van der Waals surface area (Å²) in [6.45, 7) is 1.20. The summed E-state index contributed by atoms with van der Waals surface area (Å²) in [4.78, 5) is 0. The van der Waals surface area contributed by atoms with Crippen molar-refractivity contribution in [1.29, 1.82) is 0 Å². The van der Waals surface area contributed by atoms with Crippen LogP contribution in [0, 0.1) is 0 Å². The summed E-state index contributed by atoms with van der Waals surface area (Å²) in [6, 6.07) is 11.8. The molecule has 2 aromatic carbocycles. The fraction of sp³-hybridized carbons (Fsp3) is 0.333. The van der Waals surface area contributed by atoms with Crippen LogP contribution in [0.5, 0.6) is 11.5 Å². The first kappa shape index (κ1) is 21.5.